The Bertz CT molecular complexity index is 1680. The summed E-state index contributed by atoms with van der Waals surface area (Å²) in [5.74, 6) is 0. The molecule has 6 nitrogen and oxygen atoms in total. The Kier molecular flexibility index (Phi) is 11.8. The van der Waals surface area contributed by atoms with Crippen molar-refractivity contribution in [3.63, 3.8) is 0 Å². The number of hydrogen-bond donors (Lipinski definition) is 0. The van der Waals surface area contributed by atoms with Gasteiger partial charge in [-0.25, -0.2) is 0 Å². The number of nitrogens with zero attached hydrogens (tertiary/aromatic N) is 1. The van der Waals surface area contributed by atoms with E-state index in [1.165, 1.54) is 0 Å². The topological polar surface area (TPSA) is 69.9 Å². The van der Waals surface area contributed by atoms with E-state index in [1.54, 1.807) is 0 Å². The fraction of sp³-hybridized carbons (Fsp3) is 0.262. The van der Waals surface area contributed by atoms with Gasteiger partial charge < -0.3 is 23.7 Å². The molecular formula is C42H41NO5. The number of ether oxygens (including phenoxy) is 5. The summed E-state index contributed by atoms with van der Waals surface area (Å²) in [5.41, 5.74) is 3.63. The molecular weight excluding hydrogens is 598 g/mol. The first-order valence-corrected chi connectivity index (χ1v) is 16.4. The summed E-state index contributed by atoms with van der Waals surface area (Å²) in [5, 5.41) is 11.1. The summed E-state index contributed by atoms with van der Waals surface area (Å²) < 4.78 is 33.5. The van der Waals surface area contributed by atoms with E-state index < -0.39 is 30.0 Å². The zero-order chi connectivity index (χ0) is 32.9. The molecule has 1 aliphatic heterocycles. The van der Waals surface area contributed by atoms with Crippen LogP contribution in [0.3, 0.4) is 0 Å². The summed E-state index contributed by atoms with van der Waals surface area (Å²) in [6.45, 7) is 1.51. The lowest BCUT2D eigenvalue weighted by Crippen LogP contribution is -2.67. The predicted molar refractivity (Wildman–Crippen MR) is 185 cm³/mol. The monoisotopic (exact) mass is 639 g/mol. The van der Waals surface area contributed by atoms with Crippen LogP contribution in [-0.2, 0) is 56.5 Å². The number of benzene rings is 5. The minimum Gasteiger partial charge on any atom is -0.374 e. The molecule has 5 atom stereocenters. The highest BCUT2D eigenvalue weighted by Gasteiger charge is 2.57. The minimum atomic E-state index is -1.40. The van der Waals surface area contributed by atoms with E-state index >= 15 is 0 Å². The second-order valence-electron chi connectivity index (χ2n) is 12.1. The van der Waals surface area contributed by atoms with Crippen LogP contribution >= 0.6 is 0 Å². The van der Waals surface area contributed by atoms with Crippen LogP contribution in [0.5, 0.6) is 0 Å². The van der Waals surface area contributed by atoms with Crippen LogP contribution in [0.4, 0.5) is 0 Å². The van der Waals surface area contributed by atoms with Gasteiger partial charge in [0, 0.05) is 6.42 Å². The van der Waals surface area contributed by atoms with Crippen molar-refractivity contribution >= 4 is 0 Å². The van der Waals surface area contributed by atoms with Gasteiger partial charge in [0.2, 0.25) is 0 Å². The summed E-state index contributed by atoms with van der Waals surface area (Å²) >= 11 is 0. The van der Waals surface area contributed by atoms with Crippen molar-refractivity contribution < 1.29 is 23.7 Å². The van der Waals surface area contributed by atoms with E-state index in [9.17, 15) is 5.26 Å². The second kappa shape index (κ2) is 17.0. The van der Waals surface area contributed by atoms with Crippen molar-refractivity contribution in [2.75, 3.05) is 6.61 Å². The van der Waals surface area contributed by atoms with Crippen LogP contribution in [0, 0.1) is 11.3 Å². The van der Waals surface area contributed by atoms with Gasteiger partial charge in [0.05, 0.1) is 33.0 Å². The SMILES string of the molecule is N#C[C@@]1(Cc2ccccc2)O[C@H](COCc2ccccc2)[C@@H](OCc2ccccc2)[C@H](OCc2ccccc2)[C@H]1OCc1ccccc1. The van der Waals surface area contributed by atoms with Crippen molar-refractivity contribution in [3.8, 4) is 6.07 Å². The Balaban J connectivity index is 1.37. The molecule has 0 spiro atoms. The van der Waals surface area contributed by atoms with Crippen molar-refractivity contribution in [3.05, 3.63) is 179 Å². The van der Waals surface area contributed by atoms with Gasteiger partial charge in [-0.15, -0.1) is 0 Å². The van der Waals surface area contributed by atoms with E-state index in [-0.39, 0.29) is 13.2 Å². The molecule has 0 amide bonds. The number of nitriles is 1. The molecule has 0 aromatic heterocycles. The Morgan fingerprint density at radius 3 is 1.35 bits per heavy atom. The largest absolute Gasteiger partial charge is 0.374 e. The van der Waals surface area contributed by atoms with Crippen molar-refractivity contribution in [2.45, 2.75) is 62.9 Å². The van der Waals surface area contributed by atoms with Crippen molar-refractivity contribution in [1.29, 1.82) is 5.26 Å². The maximum atomic E-state index is 11.1. The van der Waals surface area contributed by atoms with E-state index in [2.05, 4.69) is 6.07 Å². The normalized spacial score (nSPS) is 22.1. The van der Waals surface area contributed by atoms with E-state index in [1.807, 2.05) is 152 Å². The zero-order valence-corrected chi connectivity index (χ0v) is 27.0. The fourth-order valence-electron chi connectivity index (χ4n) is 6.13. The molecule has 0 N–H and O–H groups in total. The van der Waals surface area contributed by atoms with Crippen LogP contribution in [0.2, 0.25) is 0 Å². The average molecular weight is 640 g/mol. The molecule has 0 radical (unpaired) electrons. The van der Waals surface area contributed by atoms with E-state index in [0.717, 1.165) is 27.8 Å². The quantitative estimate of drug-likeness (QED) is 0.116. The maximum absolute atomic E-state index is 11.1. The molecule has 5 aromatic carbocycles. The lowest BCUT2D eigenvalue weighted by molar-refractivity contribution is -0.292. The number of hydrogen-bond acceptors (Lipinski definition) is 6. The van der Waals surface area contributed by atoms with Crippen LogP contribution in [0.1, 0.15) is 27.8 Å². The standard InChI is InChI=1S/C42H41NO5/c43-32-42(26-33-16-6-1-7-17-33)41(47-30-37-24-14-5-15-25-37)40(46-29-36-22-12-4-13-23-36)39(45-28-35-20-10-3-11-21-35)38(48-42)31-44-27-34-18-8-2-9-19-34/h1-25,38-41H,26-31H2/t38-,39-,40+,41-,42-/m1/s1. The van der Waals surface area contributed by atoms with Crippen LogP contribution in [0.15, 0.2) is 152 Å². The van der Waals surface area contributed by atoms with E-state index in [4.69, 9.17) is 23.7 Å². The van der Waals surface area contributed by atoms with Crippen molar-refractivity contribution in [1.82, 2.24) is 0 Å². The first kappa shape index (κ1) is 33.3. The molecule has 6 heteroatoms. The Labute approximate surface area is 283 Å². The lowest BCUT2D eigenvalue weighted by atomic mass is 9.81. The summed E-state index contributed by atoms with van der Waals surface area (Å²) in [6, 6.07) is 52.5. The molecule has 0 saturated carbocycles. The molecule has 244 valence electrons. The minimum absolute atomic E-state index is 0.198. The van der Waals surface area contributed by atoms with Gasteiger partial charge in [0.15, 0.2) is 5.60 Å². The van der Waals surface area contributed by atoms with Gasteiger partial charge in [-0.3, -0.25) is 0 Å². The highest BCUT2D eigenvalue weighted by atomic mass is 16.6. The Morgan fingerprint density at radius 2 is 0.896 bits per heavy atom. The lowest BCUT2D eigenvalue weighted by Gasteiger charge is -2.50. The Hall–Kier alpha value is -4.61. The van der Waals surface area contributed by atoms with Gasteiger partial charge in [-0.05, 0) is 27.8 Å². The Morgan fingerprint density at radius 1 is 0.500 bits per heavy atom. The molecule has 0 unspecified atom stereocenters. The van der Waals surface area contributed by atoms with E-state index in [0.29, 0.717) is 26.2 Å². The fourth-order valence-corrected chi connectivity index (χ4v) is 6.13. The summed E-state index contributed by atoms with van der Waals surface area (Å²) in [6.07, 6.45) is -2.39. The molecule has 5 aromatic rings. The first-order chi connectivity index (χ1) is 23.7. The average Bonchev–Trinajstić information content (AvgIpc) is 3.15. The summed E-state index contributed by atoms with van der Waals surface area (Å²) in [4.78, 5) is 0. The molecule has 0 aliphatic carbocycles. The van der Waals surface area contributed by atoms with Crippen LogP contribution in [-0.4, -0.2) is 36.6 Å². The third kappa shape index (κ3) is 8.84. The molecule has 1 saturated heterocycles. The predicted octanol–water partition coefficient (Wildman–Crippen LogP) is 7.86. The van der Waals surface area contributed by atoms with Gasteiger partial charge in [0.25, 0.3) is 0 Å². The summed E-state index contributed by atoms with van der Waals surface area (Å²) in [7, 11) is 0. The molecule has 1 fully saturated rings. The molecule has 0 bridgehead atoms. The highest BCUT2D eigenvalue weighted by molar-refractivity contribution is 5.26. The zero-order valence-electron chi connectivity index (χ0n) is 27.0. The molecule has 1 aliphatic rings. The smallest absolute Gasteiger partial charge is 0.187 e. The van der Waals surface area contributed by atoms with Gasteiger partial charge >= 0.3 is 0 Å². The van der Waals surface area contributed by atoms with Gasteiger partial charge in [0.1, 0.15) is 30.5 Å². The molecule has 6 rings (SSSR count). The first-order valence-electron chi connectivity index (χ1n) is 16.4. The van der Waals surface area contributed by atoms with Gasteiger partial charge in [-0.2, -0.15) is 5.26 Å². The molecule has 1 heterocycles. The third-order valence-electron chi connectivity index (χ3n) is 8.55. The van der Waals surface area contributed by atoms with Crippen LogP contribution in [0.25, 0.3) is 0 Å². The van der Waals surface area contributed by atoms with Crippen molar-refractivity contribution in [2.24, 2.45) is 0 Å². The third-order valence-corrected chi connectivity index (χ3v) is 8.55. The van der Waals surface area contributed by atoms with Crippen LogP contribution < -0.4 is 0 Å². The second-order valence-corrected chi connectivity index (χ2v) is 12.1. The van der Waals surface area contributed by atoms with Gasteiger partial charge in [-0.1, -0.05) is 152 Å². The molecule has 48 heavy (non-hydrogen) atoms. The maximum Gasteiger partial charge on any atom is 0.187 e. The highest BCUT2D eigenvalue weighted by Crippen LogP contribution is 2.39. The number of rotatable bonds is 15.